The summed E-state index contributed by atoms with van der Waals surface area (Å²) in [5.74, 6) is -1.29. The first kappa shape index (κ1) is 20.1. The molecule has 0 amide bonds. The van der Waals surface area contributed by atoms with E-state index in [1.54, 1.807) is 26.0 Å². The Morgan fingerprint density at radius 3 is 1.83 bits per heavy atom. The predicted octanol–water partition coefficient (Wildman–Crippen LogP) is 1.98. The van der Waals surface area contributed by atoms with E-state index in [1.807, 2.05) is 6.92 Å². The number of hydrogen-bond acceptors (Lipinski definition) is 7. The highest BCUT2D eigenvalue weighted by atomic mass is 32.2. The summed E-state index contributed by atoms with van der Waals surface area (Å²) in [7, 11) is -4.11. The number of carbonyl (C=O) groups is 2. The SMILES string of the molecule is CCOC(=O)CC(CC(=O)OCC)OS(=O)(=O)c1ccc(C)cc1. The minimum atomic E-state index is -4.11. The van der Waals surface area contributed by atoms with Crippen LogP contribution in [0.25, 0.3) is 0 Å². The normalized spacial score (nSPS) is 11.3. The van der Waals surface area contributed by atoms with Gasteiger partial charge in [-0.3, -0.25) is 13.8 Å². The number of ether oxygens (including phenoxy) is 2. The van der Waals surface area contributed by atoms with Gasteiger partial charge in [-0.05, 0) is 32.9 Å². The van der Waals surface area contributed by atoms with Gasteiger partial charge in [0.2, 0.25) is 0 Å². The fourth-order valence-corrected chi connectivity index (χ4v) is 2.97. The van der Waals surface area contributed by atoms with Crippen molar-refractivity contribution in [1.82, 2.24) is 0 Å². The second kappa shape index (κ2) is 9.39. The summed E-state index contributed by atoms with van der Waals surface area (Å²) in [6.07, 6.45) is -1.91. The summed E-state index contributed by atoms with van der Waals surface area (Å²) in [5.41, 5.74) is 0.892. The Labute approximate surface area is 142 Å². The summed E-state index contributed by atoms with van der Waals surface area (Å²) in [6.45, 7) is 5.37. The third-order valence-corrected chi connectivity index (χ3v) is 4.35. The second-order valence-corrected chi connectivity index (χ2v) is 6.58. The highest BCUT2D eigenvalue weighted by Crippen LogP contribution is 2.18. The summed E-state index contributed by atoms with van der Waals surface area (Å²) in [4.78, 5) is 23.2. The Balaban J connectivity index is 2.90. The topological polar surface area (TPSA) is 96.0 Å². The van der Waals surface area contributed by atoms with Crippen molar-refractivity contribution in [1.29, 1.82) is 0 Å². The average Bonchev–Trinajstić information content (AvgIpc) is 2.47. The molecule has 8 heteroatoms. The van der Waals surface area contributed by atoms with Crippen molar-refractivity contribution in [3.8, 4) is 0 Å². The van der Waals surface area contributed by atoms with Gasteiger partial charge >= 0.3 is 11.9 Å². The van der Waals surface area contributed by atoms with Gasteiger partial charge in [0, 0.05) is 0 Å². The zero-order valence-corrected chi connectivity index (χ0v) is 14.8. The molecule has 0 fully saturated rings. The van der Waals surface area contributed by atoms with Crippen LogP contribution in [0.4, 0.5) is 0 Å². The highest BCUT2D eigenvalue weighted by Gasteiger charge is 2.27. The van der Waals surface area contributed by atoms with E-state index in [1.165, 1.54) is 12.1 Å². The van der Waals surface area contributed by atoms with Crippen LogP contribution in [0.1, 0.15) is 32.3 Å². The monoisotopic (exact) mass is 358 g/mol. The molecule has 0 aliphatic rings. The third-order valence-electron chi connectivity index (χ3n) is 2.97. The molecule has 0 aromatic heterocycles. The molecule has 24 heavy (non-hydrogen) atoms. The third kappa shape index (κ3) is 6.67. The van der Waals surface area contributed by atoms with Gasteiger partial charge in [0.1, 0.15) is 0 Å². The first-order chi connectivity index (χ1) is 11.3. The van der Waals surface area contributed by atoms with Crippen molar-refractivity contribution < 1.29 is 31.7 Å². The van der Waals surface area contributed by atoms with Crippen LogP contribution in [0.3, 0.4) is 0 Å². The fraction of sp³-hybridized carbons (Fsp3) is 0.500. The Hall–Kier alpha value is -1.93. The van der Waals surface area contributed by atoms with E-state index in [0.717, 1.165) is 5.56 Å². The van der Waals surface area contributed by atoms with Crippen molar-refractivity contribution in [3.63, 3.8) is 0 Å². The van der Waals surface area contributed by atoms with Crippen LogP contribution >= 0.6 is 0 Å². The minimum Gasteiger partial charge on any atom is -0.466 e. The van der Waals surface area contributed by atoms with Crippen LogP contribution in [-0.2, 0) is 33.4 Å². The van der Waals surface area contributed by atoms with Crippen molar-refractivity contribution in [2.24, 2.45) is 0 Å². The fourth-order valence-electron chi connectivity index (χ4n) is 1.89. The van der Waals surface area contributed by atoms with Gasteiger partial charge < -0.3 is 9.47 Å². The number of carbonyl (C=O) groups excluding carboxylic acids is 2. The zero-order valence-electron chi connectivity index (χ0n) is 14.0. The largest absolute Gasteiger partial charge is 0.466 e. The van der Waals surface area contributed by atoms with Gasteiger partial charge in [0.15, 0.2) is 0 Å². The molecule has 7 nitrogen and oxygen atoms in total. The molecule has 0 spiro atoms. The summed E-state index contributed by atoms with van der Waals surface area (Å²) in [6, 6.07) is 6.05. The van der Waals surface area contributed by atoms with Gasteiger partial charge in [0.25, 0.3) is 10.1 Å². The average molecular weight is 358 g/mol. The Morgan fingerprint density at radius 2 is 1.42 bits per heavy atom. The van der Waals surface area contributed by atoms with Crippen LogP contribution in [-0.4, -0.2) is 39.7 Å². The first-order valence-corrected chi connectivity index (χ1v) is 9.00. The maximum atomic E-state index is 12.3. The molecule has 1 aromatic rings. The lowest BCUT2D eigenvalue weighted by Gasteiger charge is -2.16. The zero-order chi connectivity index (χ0) is 18.2. The van der Waals surface area contributed by atoms with Gasteiger partial charge in [-0.1, -0.05) is 17.7 Å². The van der Waals surface area contributed by atoms with Crippen molar-refractivity contribution in [3.05, 3.63) is 29.8 Å². The molecule has 0 aliphatic carbocycles. The van der Waals surface area contributed by atoms with Crippen LogP contribution in [0.15, 0.2) is 29.2 Å². The van der Waals surface area contributed by atoms with Crippen molar-refractivity contribution in [2.45, 2.75) is 44.6 Å². The van der Waals surface area contributed by atoms with E-state index >= 15 is 0 Å². The molecule has 1 aromatic carbocycles. The maximum Gasteiger partial charge on any atom is 0.308 e. The van der Waals surface area contributed by atoms with E-state index in [9.17, 15) is 18.0 Å². The lowest BCUT2D eigenvalue weighted by Crippen LogP contribution is -2.26. The van der Waals surface area contributed by atoms with E-state index < -0.39 is 28.2 Å². The Morgan fingerprint density at radius 1 is 0.958 bits per heavy atom. The molecular weight excluding hydrogens is 336 g/mol. The molecule has 134 valence electrons. The number of rotatable bonds is 9. The van der Waals surface area contributed by atoms with E-state index in [0.29, 0.717) is 0 Å². The molecule has 0 N–H and O–H groups in total. The standard InChI is InChI=1S/C16H22O7S/c1-4-21-15(17)10-13(11-16(18)22-5-2)23-24(19,20)14-8-6-12(3)7-9-14/h6-9,13H,4-5,10-11H2,1-3H3. The van der Waals surface area contributed by atoms with Crippen LogP contribution in [0, 0.1) is 6.92 Å². The number of aryl methyl sites for hydroxylation is 1. The molecule has 0 saturated heterocycles. The molecule has 0 heterocycles. The second-order valence-electron chi connectivity index (χ2n) is 5.00. The molecule has 0 unspecified atom stereocenters. The Kier molecular flexibility index (Phi) is 7.87. The van der Waals surface area contributed by atoms with E-state index in [-0.39, 0.29) is 31.0 Å². The van der Waals surface area contributed by atoms with Crippen LogP contribution < -0.4 is 0 Å². The van der Waals surface area contributed by atoms with Gasteiger partial charge in [-0.2, -0.15) is 8.42 Å². The first-order valence-electron chi connectivity index (χ1n) is 7.59. The maximum absolute atomic E-state index is 12.3. The molecule has 1 rings (SSSR count). The quantitative estimate of drug-likeness (QED) is 0.492. The van der Waals surface area contributed by atoms with Crippen molar-refractivity contribution in [2.75, 3.05) is 13.2 Å². The minimum absolute atomic E-state index is 0.0502. The summed E-state index contributed by atoms with van der Waals surface area (Å²) < 4.78 is 39.2. The molecule has 0 bridgehead atoms. The van der Waals surface area contributed by atoms with Crippen LogP contribution in [0.5, 0.6) is 0 Å². The van der Waals surface area contributed by atoms with E-state index in [4.69, 9.17) is 13.7 Å². The number of benzene rings is 1. The van der Waals surface area contributed by atoms with Gasteiger partial charge in [0.05, 0.1) is 37.1 Å². The molecular formula is C16H22O7S. The summed E-state index contributed by atoms with van der Waals surface area (Å²) >= 11 is 0. The van der Waals surface area contributed by atoms with Gasteiger partial charge in [-0.25, -0.2) is 0 Å². The number of esters is 2. The van der Waals surface area contributed by atoms with E-state index in [2.05, 4.69) is 0 Å². The predicted molar refractivity (Wildman–Crippen MR) is 85.7 cm³/mol. The molecule has 0 radical (unpaired) electrons. The smallest absolute Gasteiger partial charge is 0.308 e. The lowest BCUT2D eigenvalue weighted by atomic mass is 10.2. The Bertz CT molecular complexity index is 630. The lowest BCUT2D eigenvalue weighted by molar-refractivity contribution is -0.148. The van der Waals surface area contributed by atoms with Crippen LogP contribution in [0.2, 0.25) is 0 Å². The molecule has 0 atom stereocenters. The molecule has 0 saturated carbocycles. The number of hydrogen-bond donors (Lipinski definition) is 0. The van der Waals surface area contributed by atoms with Gasteiger partial charge in [-0.15, -0.1) is 0 Å². The molecule has 0 aliphatic heterocycles. The van der Waals surface area contributed by atoms with Crippen molar-refractivity contribution >= 4 is 22.1 Å². The summed E-state index contributed by atoms with van der Waals surface area (Å²) in [5, 5.41) is 0. The highest BCUT2D eigenvalue weighted by molar-refractivity contribution is 7.86.